The van der Waals surface area contributed by atoms with Crippen LogP contribution in [0.5, 0.6) is 0 Å². The second kappa shape index (κ2) is 7.03. The SMILES string of the molecule is O=C1NC(=O)[C@H](CCC(=O)N(Cc2ccco2)Cc2ccco2)N1. The second-order valence-electron chi connectivity index (χ2n) is 5.46. The lowest BCUT2D eigenvalue weighted by atomic mass is 10.1. The average molecular weight is 331 g/mol. The van der Waals surface area contributed by atoms with Crippen molar-refractivity contribution in [2.24, 2.45) is 0 Å². The molecule has 2 aromatic rings. The van der Waals surface area contributed by atoms with E-state index in [1.165, 1.54) is 0 Å². The summed E-state index contributed by atoms with van der Waals surface area (Å²) in [5.41, 5.74) is 0. The van der Waals surface area contributed by atoms with E-state index in [2.05, 4.69) is 10.6 Å². The van der Waals surface area contributed by atoms with E-state index < -0.39 is 18.0 Å². The predicted octanol–water partition coefficient (Wildman–Crippen LogP) is 1.39. The van der Waals surface area contributed by atoms with Crippen molar-refractivity contribution >= 4 is 17.8 Å². The highest BCUT2D eigenvalue weighted by molar-refractivity contribution is 6.04. The van der Waals surface area contributed by atoms with Crippen LogP contribution in [0.3, 0.4) is 0 Å². The molecule has 0 aromatic carbocycles. The van der Waals surface area contributed by atoms with Gasteiger partial charge in [-0.15, -0.1) is 0 Å². The molecule has 0 unspecified atom stereocenters. The first kappa shape index (κ1) is 15.9. The Hall–Kier alpha value is -3.03. The molecule has 1 fully saturated rings. The number of amides is 4. The number of nitrogens with one attached hydrogen (secondary N) is 2. The molecule has 0 aliphatic carbocycles. The quantitative estimate of drug-likeness (QED) is 0.746. The van der Waals surface area contributed by atoms with Crippen LogP contribution in [0.25, 0.3) is 0 Å². The van der Waals surface area contributed by atoms with Crippen LogP contribution in [0.2, 0.25) is 0 Å². The molecule has 24 heavy (non-hydrogen) atoms. The van der Waals surface area contributed by atoms with E-state index >= 15 is 0 Å². The van der Waals surface area contributed by atoms with Crippen molar-refractivity contribution in [3.8, 4) is 0 Å². The van der Waals surface area contributed by atoms with Gasteiger partial charge in [0, 0.05) is 6.42 Å². The normalized spacial score (nSPS) is 16.8. The Morgan fingerprint density at radius 2 is 1.71 bits per heavy atom. The molecule has 8 nitrogen and oxygen atoms in total. The molecule has 2 aromatic heterocycles. The van der Waals surface area contributed by atoms with E-state index in [1.807, 2.05) is 0 Å². The van der Waals surface area contributed by atoms with Crippen molar-refractivity contribution in [2.45, 2.75) is 32.0 Å². The Labute approximate surface area is 137 Å². The third kappa shape index (κ3) is 3.83. The molecule has 3 heterocycles. The molecule has 1 atom stereocenters. The van der Waals surface area contributed by atoms with Crippen molar-refractivity contribution < 1.29 is 23.2 Å². The number of nitrogens with zero attached hydrogens (tertiary/aromatic N) is 1. The summed E-state index contributed by atoms with van der Waals surface area (Å²) in [4.78, 5) is 36.8. The molecule has 0 radical (unpaired) electrons. The number of carbonyl (C=O) groups excluding carboxylic acids is 3. The molecular formula is C16H17N3O5. The molecule has 3 rings (SSSR count). The lowest BCUT2D eigenvalue weighted by Crippen LogP contribution is -2.34. The van der Waals surface area contributed by atoms with E-state index in [4.69, 9.17) is 8.83 Å². The number of imide groups is 1. The van der Waals surface area contributed by atoms with Crippen LogP contribution in [0.1, 0.15) is 24.4 Å². The fraction of sp³-hybridized carbons (Fsp3) is 0.312. The van der Waals surface area contributed by atoms with Gasteiger partial charge in [0.2, 0.25) is 5.91 Å². The fourth-order valence-electron chi connectivity index (χ4n) is 2.50. The van der Waals surface area contributed by atoms with Crippen molar-refractivity contribution in [1.82, 2.24) is 15.5 Å². The minimum Gasteiger partial charge on any atom is -0.467 e. The Balaban J connectivity index is 1.61. The summed E-state index contributed by atoms with van der Waals surface area (Å²) in [6, 6.07) is 5.88. The summed E-state index contributed by atoms with van der Waals surface area (Å²) in [5.74, 6) is 0.747. The number of furan rings is 2. The Kier molecular flexibility index (Phi) is 4.64. The molecule has 0 bridgehead atoms. The smallest absolute Gasteiger partial charge is 0.322 e. The first-order chi connectivity index (χ1) is 11.6. The zero-order valence-corrected chi connectivity index (χ0v) is 12.9. The number of rotatable bonds is 7. The molecule has 4 amide bonds. The van der Waals surface area contributed by atoms with Gasteiger partial charge in [0.05, 0.1) is 25.6 Å². The van der Waals surface area contributed by atoms with Gasteiger partial charge in [0.1, 0.15) is 17.6 Å². The summed E-state index contributed by atoms with van der Waals surface area (Å²) < 4.78 is 10.6. The number of hydrogen-bond acceptors (Lipinski definition) is 5. The highest BCUT2D eigenvalue weighted by Crippen LogP contribution is 2.14. The van der Waals surface area contributed by atoms with Gasteiger partial charge in [-0.05, 0) is 30.7 Å². The van der Waals surface area contributed by atoms with E-state index in [9.17, 15) is 14.4 Å². The predicted molar refractivity (Wildman–Crippen MR) is 81.4 cm³/mol. The minimum absolute atomic E-state index is 0.125. The topological polar surface area (TPSA) is 105 Å². The summed E-state index contributed by atoms with van der Waals surface area (Å²) in [6.45, 7) is 0.603. The van der Waals surface area contributed by atoms with E-state index in [-0.39, 0.29) is 18.7 Å². The number of hydrogen-bond donors (Lipinski definition) is 2. The maximum absolute atomic E-state index is 12.5. The van der Waals surface area contributed by atoms with Crippen LogP contribution < -0.4 is 10.6 Å². The van der Waals surface area contributed by atoms with Gasteiger partial charge in [0.25, 0.3) is 5.91 Å². The van der Waals surface area contributed by atoms with Crippen LogP contribution in [-0.2, 0) is 22.7 Å². The van der Waals surface area contributed by atoms with Crippen LogP contribution in [0.4, 0.5) is 4.79 Å². The summed E-state index contributed by atoms with van der Waals surface area (Å²) in [5, 5.41) is 4.63. The van der Waals surface area contributed by atoms with Crippen molar-refractivity contribution in [3.63, 3.8) is 0 Å². The fourth-order valence-corrected chi connectivity index (χ4v) is 2.50. The van der Waals surface area contributed by atoms with Gasteiger partial charge in [-0.1, -0.05) is 0 Å². The van der Waals surface area contributed by atoms with Crippen LogP contribution in [0.15, 0.2) is 45.6 Å². The monoisotopic (exact) mass is 331 g/mol. The molecule has 8 heteroatoms. The van der Waals surface area contributed by atoms with Gasteiger partial charge in [-0.25, -0.2) is 4.79 Å². The van der Waals surface area contributed by atoms with E-state index in [0.29, 0.717) is 24.6 Å². The number of urea groups is 1. The van der Waals surface area contributed by atoms with Gasteiger partial charge < -0.3 is 19.1 Å². The van der Waals surface area contributed by atoms with Crippen LogP contribution in [-0.4, -0.2) is 28.8 Å². The third-order valence-corrected chi connectivity index (χ3v) is 3.71. The molecule has 1 aliphatic rings. The second-order valence-corrected chi connectivity index (χ2v) is 5.46. The summed E-state index contributed by atoms with van der Waals surface area (Å²) >= 11 is 0. The maximum Gasteiger partial charge on any atom is 0.322 e. The Morgan fingerprint density at radius 1 is 1.08 bits per heavy atom. The van der Waals surface area contributed by atoms with Gasteiger partial charge in [0.15, 0.2) is 0 Å². The summed E-state index contributed by atoms with van der Waals surface area (Å²) in [7, 11) is 0. The first-order valence-corrected chi connectivity index (χ1v) is 7.56. The van der Waals surface area contributed by atoms with Gasteiger partial charge in [-0.3, -0.25) is 14.9 Å². The Morgan fingerprint density at radius 3 is 2.17 bits per heavy atom. The van der Waals surface area contributed by atoms with Crippen molar-refractivity contribution in [1.29, 1.82) is 0 Å². The van der Waals surface area contributed by atoms with Crippen molar-refractivity contribution in [2.75, 3.05) is 0 Å². The summed E-state index contributed by atoms with van der Waals surface area (Å²) in [6.07, 6.45) is 3.45. The van der Waals surface area contributed by atoms with Gasteiger partial charge >= 0.3 is 6.03 Å². The van der Waals surface area contributed by atoms with E-state index in [1.54, 1.807) is 41.7 Å². The molecule has 0 saturated carbocycles. The lowest BCUT2D eigenvalue weighted by Gasteiger charge is -2.21. The largest absolute Gasteiger partial charge is 0.467 e. The maximum atomic E-state index is 12.5. The Bertz CT molecular complexity index is 672. The van der Waals surface area contributed by atoms with Crippen LogP contribution in [0, 0.1) is 0 Å². The first-order valence-electron chi connectivity index (χ1n) is 7.56. The number of carbonyl (C=O) groups is 3. The average Bonchev–Trinajstić information content (AvgIpc) is 3.28. The molecule has 0 spiro atoms. The zero-order valence-electron chi connectivity index (χ0n) is 12.9. The molecule has 2 N–H and O–H groups in total. The van der Waals surface area contributed by atoms with Gasteiger partial charge in [-0.2, -0.15) is 0 Å². The zero-order chi connectivity index (χ0) is 16.9. The molecule has 1 aliphatic heterocycles. The van der Waals surface area contributed by atoms with E-state index in [0.717, 1.165) is 0 Å². The highest BCUT2D eigenvalue weighted by atomic mass is 16.3. The highest BCUT2D eigenvalue weighted by Gasteiger charge is 2.30. The standard InChI is InChI=1S/C16H17N3O5/c20-14(6-5-13-15(21)18-16(22)17-13)19(9-11-3-1-7-23-11)10-12-4-2-8-24-12/h1-4,7-8,13H,5-6,9-10H2,(H2,17,18,21,22)/t13-/m0/s1. The minimum atomic E-state index is -0.671. The molecule has 1 saturated heterocycles. The van der Waals surface area contributed by atoms with Crippen molar-refractivity contribution in [3.05, 3.63) is 48.3 Å². The molecule has 126 valence electrons. The lowest BCUT2D eigenvalue weighted by molar-refractivity contribution is -0.133. The third-order valence-electron chi connectivity index (χ3n) is 3.71. The van der Waals surface area contributed by atoms with Crippen LogP contribution >= 0.6 is 0 Å². The molecular weight excluding hydrogens is 314 g/mol.